The van der Waals surface area contributed by atoms with Crippen molar-refractivity contribution in [2.75, 3.05) is 18.0 Å². The highest BCUT2D eigenvalue weighted by Gasteiger charge is 2.35. The molecule has 1 aliphatic rings. The van der Waals surface area contributed by atoms with Gasteiger partial charge in [0, 0.05) is 17.6 Å². The van der Waals surface area contributed by atoms with Crippen LogP contribution in [0.15, 0.2) is 83.8 Å². The molecule has 1 atom stereocenters. The standard InChI is InChI=1S/C31H36ClN3O5S/c1-3-27(31(37)33-25-11-7-8-12-25)34(21-23-17-19-24(32)20-18-23)30(36)22-35(28-15-9-10-16-29(28)40-2)41(38,39)26-13-5-4-6-14-26/h4-6,9-10,13-20,25,27H,3,7-8,11-12,21-22H2,1-2H3,(H,33,37)/t27-/m0/s1. The van der Waals surface area contributed by atoms with Gasteiger partial charge in [-0.25, -0.2) is 8.42 Å². The van der Waals surface area contributed by atoms with E-state index in [-0.39, 0.29) is 29.1 Å². The van der Waals surface area contributed by atoms with Crippen LogP contribution in [0.25, 0.3) is 0 Å². The molecular formula is C31H36ClN3O5S. The number of hydrogen-bond acceptors (Lipinski definition) is 5. The number of para-hydroxylation sites is 2. The lowest BCUT2D eigenvalue weighted by Crippen LogP contribution is -2.53. The number of carbonyl (C=O) groups is 2. The third kappa shape index (κ3) is 7.40. The summed E-state index contributed by atoms with van der Waals surface area (Å²) in [6.45, 7) is 1.43. The Bertz CT molecular complexity index is 1430. The number of benzene rings is 3. The van der Waals surface area contributed by atoms with Crippen molar-refractivity contribution in [1.29, 1.82) is 0 Å². The normalized spacial score (nSPS) is 14.3. The van der Waals surface area contributed by atoms with Gasteiger partial charge in [-0.05, 0) is 61.2 Å². The molecule has 1 saturated carbocycles. The summed E-state index contributed by atoms with van der Waals surface area (Å²) in [6.07, 6.45) is 4.28. The Kier molecular flexibility index (Phi) is 10.3. The van der Waals surface area contributed by atoms with Gasteiger partial charge in [0.05, 0.1) is 17.7 Å². The zero-order chi connectivity index (χ0) is 29.4. The maximum absolute atomic E-state index is 14.2. The van der Waals surface area contributed by atoms with Crippen molar-refractivity contribution in [3.63, 3.8) is 0 Å². The average Bonchev–Trinajstić information content (AvgIpc) is 3.50. The van der Waals surface area contributed by atoms with Crippen LogP contribution >= 0.6 is 11.6 Å². The predicted octanol–water partition coefficient (Wildman–Crippen LogP) is 5.41. The van der Waals surface area contributed by atoms with Gasteiger partial charge in [0.15, 0.2) is 0 Å². The summed E-state index contributed by atoms with van der Waals surface area (Å²) in [5.41, 5.74) is 0.992. The van der Waals surface area contributed by atoms with Crippen LogP contribution in [-0.4, -0.2) is 50.9 Å². The van der Waals surface area contributed by atoms with Gasteiger partial charge < -0.3 is 15.0 Å². The van der Waals surface area contributed by atoms with Crippen molar-refractivity contribution in [3.05, 3.63) is 89.4 Å². The van der Waals surface area contributed by atoms with Gasteiger partial charge in [0.1, 0.15) is 18.3 Å². The lowest BCUT2D eigenvalue weighted by Gasteiger charge is -2.34. The number of halogens is 1. The molecule has 218 valence electrons. The fraction of sp³-hybridized carbons (Fsp3) is 0.355. The smallest absolute Gasteiger partial charge is 0.264 e. The quantitative estimate of drug-likeness (QED) is 0.301. The third-order valence-electron chi connectivity index (χ3n) is 7.32. The molecule has 2 amide bonds. The van der Waals surface area contributed by atoms with E-state index in [0.29, 0.717) is 17.2 Å². The number of amides is 2. The van der Waals surface area contributed by atoms with Gasteiger partial charge >= 0.3 is 0 Å². The molecule has 0 radical (unpaired) electrons. The van der Waals surface area contributed by atoms with E-state index < -0.39 is 28.5 Å². The lowest BCUT2D eigenvalue weighted by atomic mass is 10.1. The van der Waals surface area contributed by atoms with Gasteiger partial charge in [0.25, 0.3) is 10.0 Å². The van der Waals surface area contributed by atoms with Crippen LogP contribution < -0.4 is 14.4 Å². The zero-order valence-corrected chi connectivity index (χ0v) is 24.9. The van der Waals surface area contributed by atoms with E-state index in [9.17, 15) is 18.0 Å². The Morgan fingerprint density at radius 2 is 1.61 bits per heavy atom. The second kappa shape index (κ2) is 13.9. The molecule has 0 spiro atoms. The summed E-state index contributed by atoms with van der Waals surface area (Å²) in [5.74, 6) is -0.453. The number of methoxy groups -OCH3 is 1. The van der Waals surface area contributed by atoms with Crippen molar-refractivity contribution in [2.45, 2.75) is 62.6 Å². The molecule has 0 bridgehead atoms. The molecule has 0 aliphatic heterocycles. The summed E-state index contributed by atoms with van der Waals surface area (Å²) in [4.78, 5) is 29.2. The van der Waals surface area contributed by atoms with Gasteiger partial charge in [-0.15, -0.1) is 0 Å². The van der Waals surface area contributed by atoms with E-state index in [2.05, 4.69) is 5.32 Å². The SMILES string of the molecule is CC[C@@H](C(=O)NC1CCCC1)N(Cc1ccc(Cl)cc1)C(=O)CN(c1ccccc1OC)S(=O)(=O)c1ccccc1. The molecule has 0 heterocycles. The largest absolute Gasteiger partial charge is 0.495 e. The Morgan fingerprint density at radius 3 is 2.24 bits per heavy atom. The van der Waals surface area contributed by atoms with Gasteiger partial charge in [-0.1, -0.05) is 73.8 Å². The molecule has 0 aromatic heterocycles. The van der Waals surface area contributed by atoms with E-state index in [1.165, 1.54) is 24.1 Å². The summed E-state index contributed by atoms with van der Waals surface area (Å²) in [5, 5.41) is 3.66. The molecule has 10 heteroatoms. The number of rotatable bonds is 12. The first-order chi connectivity index (χ1) is 19.7. The molecule has 0 unspecified atom stereocenters. The van der Waals surface area contributed by atoms with Crippen LogP contribution in [0.3, 0.4) is 0 Å². The second-order valence-electron chi connectivity index (χ2n) is 10.1. The van der Waals surface area contributed by atoms with E-state index in [1.807, 2.05) is 6.92 Å². The molecule has 41 heavy (non-hydrogen) atoms. The number of sulfonamides is 1. The van der Waals surface area contributed by atoms with Gasteiger partial charge in [-0.2, -0.15) is 0 Å². The van der Waals surface area contributed by atoms with Crippen molar-refractivity contribution >= 4 is 39.1 Å². The second-order valence-corrected chi connectivity index (χ2v) is 12.4. The van der Waals surface area contributed by atoms with E-state index in [1.54, 1.807) is 66.7 Å². The Balaban J connectivity index is 1.73. The van der Waals surface area contributed by atoms with E-state index in [4.69, 9.17) is 16.3 Å². The lowest BCUT2D eigenvalue weighted by molar-refractivity contribution is -0.140. The minimum Gasteiger partial charge on any atom is -0.495 e. The van der Waals surface area contributed by atoms with Crippen LogP contribution in [0.1, 0.15) is 44.6 Å². The highest BCUT2D eigenvalue weighted by Crippen LogP contribution is 2.32. The first-order valence-corrected chi connectivity index (χ1v) is 15.6. The Morgan fingerprint density at radius 1 is 0.976 bits per heavy atom. The first-order valence-electron chi connectivity index (χ1n) is 13.8. The molecule has 3 aromatic rings. The number of nitrogens with zero attached hydrogens (tertiary/aromatic N) is 2. The summed E-state index contributed by atoms with van der Waals surface area (Å²) in [6, 6.07) is 20.9. The molecule has 0 saturated heterocycles. The predicted molar refractivity (Wildman–Crippen MR) is 160 cm³/mol. The maximum atomic E-state index is 14.2. The van der Waals surface area contributed by atoms with E-state index in [0.717, 1.165) is 35.6 Å². The number of hydrogen-bond donors (Lipinski definition) is 1. The van der Waals surface area contributed by atoms with Gasteiger partial charge in [-0.3, -0.25) is 13.9 Å². The van der Waals surface area contributed by atoms with E-state index >= 15 is 0 Å². The average molecular weight is 598 g/mol. The molecule has 8 nitrogen and oxygen atoms in total. The monoisotopic (exact) mass is 597 g/mol. The highest BCUT2D eigenvalue weighted by atomic mass is 35.5. The van der Waals surface area contributed by atoms with Crippen molar-refractivity contribution in [2.24, 2.45) is 0 Å². The van der Waals surface area contributed by atoms with Gasteiger partial charge in [0.2, 0.25) is 11.8 Å². The van der Waals surface area contributed by atoms with Crippen molar-refractivity contribution in [3.8, 4) is 5.75 Å². The summed E-state index contributed by atoms with van der Waals surface area (Å²) < 4.78 is 34.5. The molecule has 1 aliphatic carbocycles. The Hall–Kier alpha value is -3.56. The Labute approximate surface area is 247 Å². The zero-order valence-electron chi connectivity index (χ0n) is 23.3. The molecule has 4 rings (SSSR count). The molecule has 1 fully saturated rings. The fourth-order valence-corrected chi connectivity index (χ4v) is 6.71. The third-order valence-corrected chi connectivity index (χ3v) is 9.34. The highest BCUT2D eigenvalue weighted by molar-refractivity contribution is 7.92. The maximum Gasteiger partial charge on any atom is 0.264 e. The number of ether oxygens (including phenoxy) is 1. The molecule has 3 aromatic carbocycles. The molecular weight excluding hydrogens is 562 g/mol. The van der Waals surface area contributed by atoms with Crippen LogP contribution in [0.5, 0.6) is 5.75 Å². The minimum absolute atomic E-state index is 0.0361. The number of nitrogens with one attached hydrogen (secondary N) is 1. The van der Waals surface area contributed by atoms with Crippen LogP contribution in [0.4, 0.5) is 5.69 Å². The fourth-order valence-electron chi connectivity index (χ4n) is 5.14. The summed E-state index contributed by atoms with van der Waals surface area (Å²) >= 11 is 6.09. The first kappa shape index (κ1) is 30.4. The number of carbonyl (C=O) groups excluding carboxylic acids is 2. The van der Waals surface area contributed by atoms with Crippen molar-refractivity contribution < 1.29 is 22.7 Å². The van der Waals surface area contributed by atoms with Crippen molar-refractivity contribution in [1.82, 2.24) is 10.2 Å². The summed E-state index contributed by atoms with van der Waals surface area (Å²) in [7, 11) is -2.73. The minimum atomic E-state index is -4.18. The molecule has 1 N–H and O–H groups in total. The topological polar surface area (TPSA) is 96.0 Å². The number of anilines is 1. The van der Waals surface area contributed by atoms with Crippen LogP contribution in [0, 0.1) is 0 Å². The van der Waals surface area contributed by atoms with Crippen LogP contribution in [0.2, 0.25) is 5.02 Å². The van der Waals surface area contributed by atoms with Crippen LogP contribution in [-0.2, 0) is 26.2 Å².